The van der Waals surface area contributed by atoms with Crippen LogP contribution in [0.25, 0.3) is 5.57 Å². The van der Waals surface area contributed by atoms with E-state index in [0.717, 1.165) is 34.8 Å². The molecule has 0 aliphatic heterocycles. The van der Waals surface area contributed by atoms with Gasteiger partial charge in [-0.2, -0.15) is 0 Å². The maximum atomic E-state index is 5.41. The van der Waals surface area contributed by atoms with Crippen LogP contribution in [0.15, 0.2) is 61.0 Å². The summed E-state index contributed by atoms with van der Waals surface area (Å²) in [6, 6.07) is 5.74. The van der Waals surface area contributed by atoms with Crippen molar-refractivity contribution < 1.29 is 0 Å². The number of pyridine rings is 1. The van der Waals surface area contributed by atoms with Gasteiger partial charge in [0.25, 0.3) is 0 Å². The van der Waals surface area contributed by atoms with Gasteiger partial charge >= 0.3 is 0 Å². The first-order valence-electron chi connectivity index (χ1n) is 10.8. The van der Waals surface area contributed by atoms with E-state index in [1.165, 1.54) is 0 Å². The zero-order valence-electron chi connectivity index (χ0n) is 20.1. The molecule has 170 valence electrons. The first kappa shape index (κ1) is 26.6. The van der Waals surface area contributed by atoms with Gasteiger partial charge < -0.3 is 16.0 Å². The van der Waals surface area contributed by atoms with Crippen LogP contribution in [0.1, 0.15) is 39.0 Å². The molecule has 0 aliphatic carbocycles. The highest BCUT2D eigenvalue weighted by Crippen LogP contribution is 2.25. The normalized spacial score (nSPS) is 12.8. The first-order valence-corrected chi connectivity index (χ1v) is 10.8. The summed E-state index contributed by atoms with van der Waals surface area (Å²) in [4.78, 5) is 13.2. The number of anilines is 2. The third kappa shape index (κ3) is 9.15. The highest BCUT2D eigenvalue weighted by molar-refractivity contribution is 5.82. The Morgan fingerprint density at radius 2 is 1.94 bits per heavy atom. The lowest BCUT2D eigenvalue weighted by molar-refractivity contribution is 0.864. The SMILES string of the molecule is C#CC(C)/C=C(C)\C=C/C(C)Nc1nccc(C(=C)c2cccnc2NC)n1.CCNC. The Hall–Kier alpha value is -3.43. The Balaban J connectivity index is 0.00000118. The minimum Gasteiger partial charge on any atom is -0.373 e. The highest BCUT2D eigenvalue weighted by atomic mass is 15.1. The molecule has 3 N–H and O–H groups in total. The van der Waals surface area contributed by atoms with Crippen molar-refractivity contribution in [3.8, 4) is 12.3 Å². The van der Waals surface area contributed by atoms with E-state index < -0.39 is 0 Å². The summed E-state index contributed by atoms with van der Waals surface area (Å²) < 4.78 is 0. The lowest BCUT2D eigenvalue weighted by Gasteiger charge is -2.13. The average Bonchev–Trinajstić information content (AvgIpc) is 2.82. The maximum Gasteiger partial charge on any atom is 0.223 e. The Bertz CT molecular complexity index is 953. The second-order valence-corrected chi connectivity index (χ2v) is 7.26. The van der Waals surface area contributed by atoms with Gasteiger partial charge in [0.2, 0.25) is 5.95 Å². The third-order valence-corrected chi connectivity index (χ3v) is 4.47. The minimum atomic E-state index is 0.0549. The van der Waals surface area contributed by atoms with Crippen LogP contribution in [-0.2, 0) is 0 Å². The molecule has 2 unspecified atom stereocenters. The minimum absolute atomic E-state index is 0.0549. The summed E-state index contributed by atoms with van der Waals surface area (Å²) >= 11 is 0. The molecule has 2 aromatic rings. The van der Waals surface area contributed by atoms with Gasteiger partial charge in [-0.1, -0.05) is 43.2 Å². The number of nitrogens with one attached hydrogen (secondary N) is 3. The van der Waals surface area contributed by atoms with Gasteiger partial charge in [-0.3, -0.25) is 0 Å². The molecule has 0 aliphatic rings. The number of nitrogens with zero attached hydrogens (tertiary/aromatic N) is 3. The van der Waals surface area contributed by atoms with Crippen molar-refractivity contribution in [2.45, 2.75) is 33.7 Å². The first-order chi connectivity index (χ1) is 15.4. The summed E-state index contributed by atoms with van der Waals surface area (Å²) in [5.41, 5.74) is 3.56. The van der Waals surface area contributed by atoms with Gasteiger partial charge in [0.1, 0.15) is 5.82 Å². The smallest absolute Gasteiger partial charge is 0.223 e. The molecule has 2 aromatic heterocycles. The predicted molar refractivity (Wildman–Crippen MR) is 138 cm³/mol. The van der Waals surface area contributed by atoms with Gasteiger partial charge in [-0.25, -0.2) is 15.0 Å². The van der Waals surface area contributed by atoms with Gasteiger partial charge in [-0.05, 0) is 52.6 Å². The van der Waals surface area contributed by atoms with Crippen molar-refractivity contribution in [3.05, 3.63) is 72.2 Å². The number of hydrogen-bond donors (Lipinski definition) is 3. The summed E-state index contributed by atoms with van der Waals surface area (Å²) in [6.45, 7) is 13.4. The number of aromatic nitrogens is 3. The van der Waals surface area contributed by atoms with E-state index in [1.54, 1.807) is 12.4 Å². The number of allylic oxidation sites excluding steroid dienone is 3. The molecule has 0 saturated carbocycles. The largest absolute Gasteiger partial charge is 0.373 e. The third-order valence-electron chi connectivity index (χ3n) is 4.47. The molecule has 32 heavy (non-hydrogen) atoms. The second-order valence-electron chi connectivity index (χ2n) is 7.26. The molecule has 0 radical (unpaired) electrons. The van der Waals surface area contributed by atoms with E-state index in [9.17, 15) is 0 Å². The quantitative estimate of drug-likeness (QED) is 0.391. The van der Waals surface area contributed by atoms with E-state index in [1.807, 2.05) is 59.1 Å². The molecule has 6 nitrogen and oxygen atoms in total. The van der Waals surface area contributed by atoms with Crippen molar-refractivity contribution in [1.29, 1.82) is 0 Å². The molecular weight excluding hydrogens is 396 g/mol. The second kappa shape index (κ2) is 14.6. The maximum absolute atomic E-state index is 5.41. The fourth-order valence-corrected chi connectivity index (χ4v) is 2.63. The van der Waals surface area contributed by atoms with Crippen molar-refractivity contribution in [3.63, 3.8) is 0 Å². The molecule has 0 spiro atoms. The zero-order valence-corrected chi connectivity index (χ0v) is 20.1. The summed E-state index contributed by atoms with van der Waals surface area (Å²) in [5, 5.41) is 9.30. The van der Waals surface area contributed by atoms with Crippen LogP contribution in [0.2, 0.25) is 0 Å². The predicted octanol–water partition coefficient (Wildman–Crippen LogP) is 4.77. The molecule has 0 bridgehead atoms. The van der Waals surface area contributed by atoms with Crippen LogP contribution in [-0.4, -0.2) is 41.6 Å². The van der Waals surface area contributed by atoms with Crippen molar-refractivity contribution in [2.24, 2.45) is 5.92 Å². The number of terminal acetylenes is 1. The lowest BCUT2D eigenvalue weighted by Crippen LogP contribution is -2.14. The molecule has 0 saturated heterocycles. The fourth-order valence-electron chi connectivity index (χ4n) is 2.63. The summed E-state index contributed by atoms with van der Waals surface area (Å²) in [7, 11) is 3.76. The Labute approximate surface area is 193 Å². The van der Waals surface area contributed by atoms with Gasteiger partial charge in [0.05, 0.1) is 5.69 Å². The molecule has 2 rings (SSSR count). The summed E-state index contributed by atoms with van der Waals surface area (Å²) in [5.74, 6) is 4.13. The van der Waals surface area contributed by atoms with Crippen molar-refractivity contribution >= 4 is 17.3 Å². The molecule has 6 heteroatoms. The Morgan fingerprint density at radius 1 is 1.22 bits per heavy atom. The fraction of sp³-hybridized carbons (Fsp3) is 0.346. The summed E-state index contributed by atoms with van der Waals surface area (Å²) in [6.07, 6.45) is 15.0. The Kier molecular flexibility index (Phi) is 12.1. The number of hydrogen-bond acceptors (Lipinski definition) is 6. The average molecular weight is 433 g/mol. The molecule has 2 heterocycles. The van der Waals surface area contributed by atoms with E-state index in [-0.39, 0.29) is 12.0 Å². The van der Waals surface area contributed by atoms with E-state index in [2.05, 4.69) is 62.5 Å². The standard InChI is InChI=1S/C23H27N5.C3H9N/c1-7-16(2)15-17(3)10-11-18(4)27-23-26-14-12-21(28-23)19(5)20-9-8-13-25-22(20)24-6;1-3-4-2/h1,8-16,18H,5H2,2-4,6H3,(H,24,25)(H,26,27,28);4H,3H2,1-2H3/b11-10-,17-15-;. The van der Waals surface area contributed by atoms with Crippen LogP contribution < -0.4 is 16.0 Å². The van der Waals surface area contributed by atoms with Crippen molar-refractivity contribution in [1.82, 2.24) is 20.3 Å². The van der Waals surface area contributed by atoms with E-state index in [0.29, 0.717) is 5.95 Å². The highest BCUT2D eigenvalue weighted by Gasteiger charge is 2.10. The molecule has 2 atom stereocenters. The topological polar surface area (TPSA) is 74.8 Å². The monoisotopic (exact) mass is 432 g/mol. The van der Waals surface area contributed by atoms with Crippen LogP contribution in [0, 0.1) is 18.3 Å². The van der Waals surface area contributed by atoms with E-state index in [4.69, 9.17) is 6.42 Å². The molecule has 0 amide bonds. The van der Waals surface area contributed by atoms with E-state index >= 15 is 0 Å². The van der Waals surface area contributed by atoms with Gasteiger partial charge in [-0.15, -0.1) is 6.42 Å². The van der Waals surface area contributed by atoms with Crippen LogP contribution >= 0.6 is 0 Å². The molecule has 0 fully saturated rings. The molecular formula is C26H36N6. The zero-order chi connectivity index (χ0) is 23.9. The Morgan fingerprint density at radius 3 is 2.56 bits per heavy atom. The number of rotatable bonds is 9. The van der Waals surface area contributed by atoms with Crippen LogP contribution in [0.5, 0.6) is 0 Å². The van der Waals surface area contributed by atoms with Crippen LogP contribution in [0.4, 0.5) is 11.8 Å². The van der Waals surface area contributed by atoms with Crippen LogP contribution in [0.3, 0.4) is 0 Å². The van der Waals surface area contributed by atoms with Crippen molar-refractivity contribution in [2.75, 3.05) is 31.3 Å². The molecule has 0 aromatic carbocycles. The van der Waals surface area contributed by atoms with Gasteiger partial charge in [0, 0.05) is 42.5 Å². The van der Waals surface area contributed by atoms with Gasteiger partial charge in [0.15, 0.2) is 0 Å². The lowest BCUT2D eigenvalue weighted by atomic mass is 10.1.